The third kappa shape index (κ3) is 8.86. The molecule has 0 amide bonds. The molecule has 0 radical (unpaired) electrons. The predicted octanol–water partition coefficient (Wildman–Crippen LogP) is 1.80. The summed E-state index contributed by atoms with van der Waals surface area (Å²) in [5.41, 5.74) is 0.980. The second-order valence-electron chi connectivity index (χ2n) is 5.38. The van der Waals surface area contributed by atoms with Gasteiger partial charge in [0.1, 0.15) is 0 Å². The molecule has 0 aliphatic heterocycles. The largest absolute Gasteiger partial charge is 0.359 e. The lowest BCUT2D eigenvalue weighted by Gasteiger charge is -2.11. The summed E-state index contributed by atoms with van der Waals surface area (Å²) in [6, 6.07) is 1.97. The maximum atomic E-state index is 11.3. The van der Waals surface area contributed by atoms with Crippen LogP contribution in [0.1, 0.15) is 51.0 Å². The van der Waals surface area contributed by atoms with Crippen LogP contribution >= 0.6 is 24.0 Å². The number of aromatic nitrogens is 1. The van der Waals surface area contributed by atoms with Gasteiger partial charge in [-0.1, -0.05) is 19.0 Å². The van der Waals surface area contributed by atoms with Gasteiger partial charge in [0.15, 0.2) is 11.7 Å². The van der Waals surface area contributed by atoms with Gasteiger partial charge in [0.2, 0.25) is 10.0 Å². The highest BCUT2D eigenvalue weighted by atomic mass is 127. The maximum Gasteiger partial charge on any atom is 0.211 e. The Labute approximate surface area is 167 Å². The molecule has 0 unspecified atom stereocenters. The quantitative estimate of drug-likeness (QED) is 0.201. The van der Waals surface area contributed by atoms with E-state index in [2.05, 4.69) is 39.4 Å². The predicted molar refractivity (Wildman–Crippen MR) is 111 cm³/mol. The average Bonchev–Trinajstić information content (AvgIpc) is 3.04. The van der Waals surface area contributed by atoms with Gasteiger partial charge in [0.25, 0.3) is 0 Å². The van der Waals surface area contributed by atoms with Crippen LogP contribution in [0.25, 0.3) is 0 Å². The molecule has 0 saturated heterocycles. The molecular formula is C15H30IN5O3S. The maximum absolute atomic E-state index is 11.3. The third-order valence-corrected chi connectivity index (χ3v) is 5.16. The van der Waals surface area contributed by atoms with Gasteiger partial charge in [-0.25, -0.2) is 13.1 Å². The average molecular weight is 487 g/mol. The minimum atomic E-state index is -3.16. The highest BCUT2D eigenvalue weighted by Crippen LogP contribution is 2.22. The van der Waals surface area contributed by atoms with E-state index < -0.39 is 10.0 Å². The molecule has 0 spiro atoms. The Bertz CT molecular complexity index is 614. The Kier molecular flexibility index (Phi) is 12.0. The van der Waals surface area contributed by atoms with Crippen LogP contribution in [0.4, 0.5) is 0 Å². The summed E-state index contributed by atoms with van der Waals surface area (Å²) < 4.78 is 30.5. The first kappa shape index (κ1) is 24.1. The normalized spacial score (nSPS) is 12.1. The van der Waals surface area contributed by atoms with Crippen molar-refractivity contribution in [3.63, 3.8) is 0 Å². The molecule has 0 aliphatic rings. The van der Waals surface area contributed by atoms with Crippen molar-refractivity contribution in [2.45, 2.75) is 46.1 Å². The number of sulfonamides is 1. The minimum absolute atomic E-state index is 0. The van der Waals surface area contributed by atoms with Gasteiger partial charge in [-0.15, -0.1) is 24.0 Å². The van der Waals surface area contributed by atoms with Gasteiger partial charge in [-0.05, 0) is 19.8 Å². The Morgan fingerprint density at radius 3 is 2.48 bits per heavy atom. The number of guanidine groups is 1. The molecule has 25 heavy (non-hydrogen) atoms. The molecule has 0 aliphatic carbocycles. The van der Waals surface area contributed by atoms with Gasteiger partial charge in [-0.3, -0.25) is 4.99 Å². The van der Waals surface area contributed by atoms with Crippen LogP contribution in [0.3, 0.4) is 0 Å². The van der Waals surface area contributed by atoms with E-state index in [1.54, 1.807) is 14.0 Å². The number of rotatable bonds is 10. The molecule has 0 saturated carbocycles. The number of aliphatic imine (C=N–C) groups is 1. The first-order valence-corrected chi connectivity index (χ1v) is 9.98. The van der Waals surface area contributed by atoms with Crippen LogP contribution in [-0.4, -0.2) is 45.4 Å². The van der Waals surface area contributed by atoms with Crippen LogP contribution in [0.2, 0.25) is 0 Å². The molecule has 1 rings (SSSR count). The lowest BCUT2D eigenvalue weighted by molar-refractivity contribution is 0.368. The Morgan fingerprint density at radius 1 is 1.24 bits per heavy atom. The Morgan fingerprint density at radius 2 is 1.92 bits per heavy atom. The van der Waals surface area contributed by atoms with Crippen LogP contribution in [0.5, 0.6) is 0 Å². The molecule has 0 atom stereocenters. The number of hydrogen-bond donors (Lipinski definition) is 3. The van der Waals surface area contributed by atoms with Gasteiger partial charge < -0.3 is 15.2 Å². The summed E-state index contributed by atoms with van der Waals surface area (Å²) in [6.07, 6.45) is 2.07. The molecule has 1 aromatic rings. The zero-order chi connectivity index (χ0) is 18.0. The molecule has 3 N–H and O–H groups in total. The van der Waals surface area contributed by atoms with E-state index in [-0.39, 0.29) is 29.7 Å². The molecule has 0 aromatic carbocycles. The van der Waals surface area contributed by atoms with Crippen molar-refractivity contribution in [3.05, 3.63) is 17.5 Å². The number of halogens is 1. The summed E-state index contributed by atoms with van der Waals surface area (Å²) in [6.45, 7) is 7.09. The lowest BCUT2D eigenvalue weighted by atomic mass is 9.99. The van der Waals surface area contributed by atoms with E-state index in [9.17, 15) is 8.42 Å². The van der Waals surface area contributed by atoms with Crippen molar-refractivity contribution in [1.82, 2.24) is 20.5 Å². The van der Waals surface area contributed by atoms with Crippen molar-refractivity contribution < 1.29 is 12.9 Å². The number of nitrogens with one attached hydrogen (secondary N) is 3. The summed E-state index contributed by atoms with van der Waals surface area (Å²) in [5, 5.41) is 10.3. The molecule has 8 nitrogen and oxygen atoms in total. The fourth-order valence-corrected chi connectivity index (χ4v) is 2.81. The minimum Gasteiger partial charge on any atom is -0.359 e. The van der Waals surface area contributed by atoms with Gasteiger partial charge in [0.05, 0.1) is 18.0 Å². The van der Waals surface area contributed by atoms with Gasteiger partial charge in [-0.2, -0.15) is 0 Å². The summed E-state index contributed by atoms with van der Waals surface area (Å²) >= 11 is 0. The second-order valence-corrected chi connectivity index (χ2v) is 7.48. The van der Waals surface area contributed by atoms with Crippen molar-refractivity contribution in [2.24, 2.45) is 4.99 Å². The highest BCUT2D eigenvalue weighted by Gasteiger charge is 2.13. The Hall–Kier alpha value is -0.880. The molecule has 0 bridgehead atoms. The van der Waals surface area contributed by atoms with Crippen molar-refractivity contribution in [1.29, 1.82) is 0 Å². The standard InChI is InChI=1S/C15H29N5O3S.HI/c1-5-12(6-2)14-10-13(23-20-14)11-18-15(16-4)17-8-9-19-24(21,22)7-3;/h10,12,19H,5-9,11H2,1-4H3,(H2,16,17,18);1H. The molecule has 146 valence electrons. The molecular weight excluding hydrogens is 457 g/mol. The van der Waals surface area contributed by atoms with E-state index in [0.29, 0.717) is 31.5 Å². The van der Waals surface area contributed by atoms with E-state index in [0.717, 1.165) is 24.3 Å². The van der Waals surface area contributed by atoms with Gasteiger partial charge in [0, 0.05) is 32.1 Å². The molecule has 1 aromatic heterocycles. The third-order valence-electron chi connectivity index (χ3n) is 3.75. The first-order valence-electron chi connectivity index (χ1n) is 8.33. The zero-order valence-electron chi connectivity index (χ0n) is 15.3. The van der Waals surface area contributed by atoms with Crippen LogP contribution in [0, 0.1) is 0 Å². The molecule has 1 heterocycles. The Balaban J connectivity index is 0.00000576. The zero-order valence-corrected chi connectivity index (χ0v) is 18.5. The van der Waals surface area contributed by atoms with Crippen molar-refractivity contribution in [2.75, 3.05) is 25.9 Å². The topological polar surface area (TPSA) is 109 Å². The van der Waals surface area contributed by atoms with Crippen molar-refractivity contribution in [3.8, 4) is 0 Å². The smallest absolute Gasteiger partial charge is 0.211 e. The van der Waals surface area contributed by atoms with Crippen LogP contribution < -0.4 is 15.4 Å². The highest BCUT2D eigenvalue weighted by molar-refractivity contribution is 14.0. The fraction of sp³-hybridized carbons (Fsp3) is 0.733. The second kappa shape index (κ2) is 12.5. The molecule has 0 fully saturated rings. The fourth-order valence-electron chi connectivity index (χ4n) is 2.19. The molecule has 10 heteroatoms. The summed E-state index contributed by atoms with van der Waals surface area (Å²) in [7, 11) is -1.51. The van der Waals surface area contributed by atoms with E-state index in [1.165, 1.54) is 0 Å². The van der Waals surface area contributed by atoms with E-state index in [4.69, 9.17) is 4.52 Å². The van der Waals surface area contributed by atoms with E-state index in [1.807, 2.05) is 6.07 Å². The number of nitrogens with zero attached hydrogens (tertiary/aromatic N) is 2. The van der Waals surface area contributed by atoms with Crippen LogP contribution in [-0.2, 0) is 16.6 Å². The number of hydrogen-bond acceptors (Lipinski definition) is 5. The van der Waals surface area contributed by atoms with Gasteiger partial charge >= 0.3 is 0 Å². The first-order chi connectivity index (χ1) is 11.5. The van der Waals surface area contributed by atoms with Crippen LogP contribution in [0.15, 0.2) is 15.6 Å². The SMILES string of the molecule is CCC(CC)c1cc(CNC(=NC)NCCNS(=O)(=O)CC)on1.I. The van der Waals surface area contributed by atoms with E-state index >= 15 is 0 Å². The van der Waals surface area contributed by atoms with Crippen molar-refractivity contribution >= 4 is 40.0 Å². The monoisotopic (exact) mass is 487 g/mol. The summed E-state index contributed by atoms with van der Waals surface area (Å²) in [5.74, 6) is 1.81. The summed E-state index contributed by atoms with van der Waals surface area (Å²) in [4.78, 5) is 4.09. The lowest BCUT2D eigenvalue weighted by Crippen LogP contribution is -2.41.